The number of carbonyl (C=O) groups is 1. The van der Waals surface area contributed by atoms with Crippen LogP contribution >= 0.6 is 0 Å². The van der Waals surface area contributed by atoms with Crippen LogP contribution < -0.4 is 5.73 Å². The summed E-state index contributed by atoms with van der Waals surface area (Å²) < 4.78 is 40.0. The topological polar surface area (TPSA) is 60.9 Å². The molecule has 1 aliphatic carbocycles. The predicted octanol–water partition coefficient (Wildman–Crippen LogP) is 2.93. The summed E-state index contributed by atoms with van der Waals surface area (Å²) in [4.78, 5) is 15.5. The third-order valence-corrected chi connectivity index (χ3v) is 3.61. The van der Waals surface area contributed by atoms with E-state index in [4.69, 9.17) is 5.73 Å². The number of hydrogen-bond acceptors (Lipinski definition) is 2. The number of halogens is 3. The van der Waals surface area contributed by atoms with Gasteiger partial charge in [-0.25, -0.2) is 4.98 Å². The van der Waals surface area contributed by atoms with Crippen LogP contribution in [0, 0.1) is 0 Å². The molecule has 0 aliphatic heterocycles. The van der Waals surface area contributed by atoms with Crippen molar-refractivity contribution in [2.75, 3.05) is 0 Å². The molecular formula is C15H14F3N3O. The lowest BCUT2D eigenvalue weighted by molar-refractivity contribution is -0.137. The standard InChI is InChI=1S/C15H14F3N3O/c16-15(17,18)11-3-1-2-9(6-11)7-21-8-12(13(19)22)20-14(21)10-4-5-10/h1-3,6,8,10H,4-5,7H2,(H2,19,22). The summed E-state index contributed by atoms with van der Waals surface area (Å²) in [5, 5.41) is 0. The monoisotopic (exact) mass is 309 g/mol. The zero-order valence-electron chi connectivity index (χ0n) is 11.6. The summed E-state index contributed by atoms with van der Waals surface area (Å²) in [7, 11) is 0. The fourth-order valence-corrected chi connectivity index (χ4v) is 2.39. The summed E-state index contributed by atoms with van der Waals surface area (Å²) >= 11 is 0. The van der Waals surface area contributed by atoms with E-state index in [1.165, 1.54) is 12.3 Å². The van der Waals surface area contributed by atoms with Gasteiger partial charge in [-0.1, -0.05) is 12.1 Å². The molecule has 1 heterocycles. The van der Waals surface area contributed by atoms with Gasteiger partial charge in [0.1, 0.15) is 11.5 Å². The van der Waals surface area contributed by atoms with Gasteiger partial charge in [-0.3, -0.25) is 4.79 Å². The minimum atomic E-state index is -4.37. The van der Waals surface area contributed by atoms with Gasteiger partial charge < -0.3 is 10.3 Å². The van der Waals surface area contributed by atoms with Crippen LogP contribution in [0.25, 0.3) is 0 Å². The van der Waals surface area contributed by atoms with Crippen molar-refractivity contribution in [2.24, 2.45) is 5.73 Å². The molecule has 2 N–H and O–H groups in total. The van der Waals surface area contributed by atoms with Crippen LogP contribution in [0.1, 0.15) is 46.2 Å². The Labute approximate surface area is 124 Å². The van der Waals surface area contributed by atoms with E-state index in [1.807, 2.05) is 0 Å². The van der Waals surface area contributed by atoms with Gasteiger partial charge >= 0.3 is 6.18 Å². The van der Waals surface area contributed by atoms with Gasteiger partial charge in [0.25, 0.3) is 5.91 Å². The first-order valence-electron chi connectivity index (χ1n) is 6.87. The van der Waals surface area contributed by atoms with Gasteiger partial charge in [-0.15, -0.1) is 0 Å². The quantitative estimate of drug-likeness (QED) is 0.944. The van der Waals surface area contributed by atoms with Crippen LogP contribution in [0.4, 0.5) is 13.2 Å². The minimum absolute atomic E-state index is 0.147. The molecular weight excluding hydrogens is 295 g/mol. The number of nitrogens with two attached hydrogens (primary N) is 1. The summed E-state index contributed by atoms with van der Waals surface area (Å²) in [6.45, 7) is 0.232. The second-order valence-corrected chi connectivity index (χ2v) is 5.45. The van der Waals surface area contributed by atoms with E-state index < -0.39 is 17.6 Å². The van der Waals surface area contributed by atoms with Crippen molar-refractivity contribution >= 4 is 5.91 Å². The summed E-state index contributed by atoms with van der Waals surface area (Å²) in [6.07, 6.45) is -0.922. The highest BCUT2D eigenvalue weighted by Crippen LogP contribution is 2.39. The molecule has 7 heteroatoms. The zero-order chi connectivity index (χ0) is 15.9. The molecule has 116 valence electrons. The molecule has 1 amide bonds. The molecule has 1 saturated carbocycles. The van der Waals surface area contributed by atoms with Gasteiger partial charge in [-0.05, 0) is 30.5 Å². The number of hydrogen-bond donors (Lipinski definition) is 1. The number of carbonyl (C=O) groups excluding carboxylic acids is 1. The van der Waals surface area contributed by atoms with Crippen molar-refractivity contribution in [3.63, 3.8) is 0 Å². The zero-order valence-corrected chi connectivity index (χ0v) is 11.6. The highest BCUT2D eigenvalue weighted by atomic mass is 19.4. The molecule has 1 fully saturated rings. The molecule has 1 aliphatic rings. The van der Waals surface area contributed by atoms with E-state index in [-0.39, 0.29) is 18.2 Å². The van der Waals surface area contributed by atoms with E-state index in [0.29, 0.717) is 11.4 Å². The second kappa shape index (κ2) is 5.15. The molecule has 0 unspecified atom stereocenters. The average molecular weight is 309 g/mol. The van der Waals surface area contributed by atoms with Gasteiger partial charge in [0.15, 0.2) is 0 Å². The number of imidazole rings is 1. The SMILES string of the molecule is NC(=O)c1cn(Cc2cccc(C(F)(F)F)c2)c(C2CC2)n1. The lowest BCUT2D eigenvalue weighted by atomic mass is 10.1. The fraction of sp³-hybridized carbons (Fsp3) is 0.333. The second-order valence-electron chi connectivity index (χ2n) is 5.45. The largest absolute Gasteiger partial charge is 0.416 e. The maximum absolute atomic E-state index is 12.8. The van der Waals surface area contributed by atoms with Crippen LogP contribution in [0.5, 0.6) is 0 Å². The number of nitrogens with zero attached hydrogens (tertiary/aromatic N) is 2. The van der Waals surface area contributed by atoms with Crippen molar-refractivity contribution in [3.05, 3.63) is 53.1 Å². The maximum Gasteiger partial charge on any atom is 0.416 e. The first kappa shape index (κ1) is 14.6. The van der Waals surface area contributed by atoms with Crippen LogP contribution in [-0.2, 0) is 12.7 Å². The van der Waals surface area contributed by atoms with Crippen molar-refractivity contribution in [1.29, 1.82) is 0 Å². The van der Waals surface area contributed by atoms with Crippen molar-refractivity contribution in [3.8, 4) is 0 Å². The number of alkyl halides is 3. The van der Waals surface area contributed by atoms with Gasteiger partial charge in [-0.2, -0.15) is 13.2 Å². The Morgan fingerprint density at radius 2 is 2.09 bits per heavy atom. The molecule has 4 nitrogen and oxygen atoms in total. The van der Waals surface area contributed by atoms with E-state index in [1.54, 1.807) is 10.6 Å². The summed E-state index contributed by atoms with van der Waals surface area (Å²) in [5.41, 5.74) is 5.19. The van der Waals surface area contributed by atoms with Crippen LogP contribution in [-0.4, -0.2) is 15.5 Å². The molecule has 0 atom stereocenters. The average Bonchev–Trinajstić information content (AvgIpc) is 3.19. The third kappa shape index (κ3) is 2.98. The molecule has 0 spiro atoms. The molecule has 1 aromatic carbocycles. The van der Waals surface area contributed by atoms with Crippen molar-refractivity contribution in [1.82, 2.24) is 9.55 Å². The van der Waals surface area contributed by atoms with Crippen molar-refractivity contribution < 1.29 is 18.0 Å². The Balaban J connectivity index is 1.91. The predicted molar refractivity (Wildman–Crippen MR) is 73.3 cm³/mol. The molecule has 1 aromatic heterocycles. The Hall–Kier alpha value is -2.31. The maximum atomic E-state index is 12.8. The van der Waals surface area contributed by atoms with Gasteiger partial charge in [0.2, 0.25) is 0 Å². The van der Waals surface area contributed by atoms with Gasteiger partial charge in [0.05, 0.1) is 5.56 Å². The van der Waals surface area contributed by atoms with E-state index >= 15 is 0 Å². The first-order chi connectivity index (χ1) is 10.3. The van der Waals surface area contributed by atoms with Crippen molar-refractivity contribution in [2.45, 2.75) is 31.5 Å². The molecule has 3 rings (SSSR count). The Morgan fingerprint density at radius 1 is 1.36 bits per heavy atom. The Morgan fingerprint density at radius 3 is 2.68 bits per heavy atom. The summed E-state index contributed by atoms with van der Waals surface area (Å²) in [6, 6.07) is 5.14. The number of rotatable bonds is 4. The van der Waals surface area contributed by atoms with Gasteiger partial charge in [0, 0.05) is 18.7 Å². The van der Waals surface area contributed by atoms with Crippen LogP contribution in [0.2, 0.25) is 0 Å². The number of benzene rings is 1. The highest BCUT2D eigenvalue weighted by Gasteiger charge is 2.31. The lowest BCUT2D eigenvalue weighted by Gasteiger charge is -2.10. The van der Waals surface area contributed by atoms with E-state index in [0.717, 1.165) is 25.0 Å². The Bertz CT molecular complexity index is 717. The third-order valence-electron chi connectivity index (χ3n) is 3.61. The Kier molecular flexibility index (Phi) is 3.42. The molecule has 0 bridgehead atoms. The van der Waals surface area contributed by atoms with Crippen LogP contribution in [0.15, 0.2) is 30.5 Å². The first-order valence-corrected chi connectivity index (χ1v) is 6.87. The van der Waals surface area contributed by atoms with E-state index in [9.17, 15) is 18.0 Å². The molecule has 0 radical (unpaired) electrons. The minimum Gasteiger partial charge on any atom is -0.364 e. The normalized spacial score (nSPS) is 15.0. The van der Waals surface area contributed by atoms with Crippen LogP contribution in [0.3, 0.4) is 0 Å². The van der Waals surface area contributed by atoms with E-state index in [2.05, 4.69) is 4.98 Å². The number of aromatic nitrogens is 2. The lowest BCUT2D eigenvalue weighted by Crippen LogP contribution is -2.11. The molecule has 22 heavy (non-hydrogen) atoms. The summed E-state index contributed by atoms with van der Waals surface area (Å²) in [5.74, 6) is 0.342. The molecule has 0 saturated heterocycles. The molecule has 2 aromatic rings. The highest BCUT2D eigenvalue weighted by molar-refractivity contribution is 5.90. The number of primary amides is 1. The fourth-order valence-electron chi connectivity index (χ4n) is 2.39. The smallest absolute Gasteiger partial charge is 0.364 e. The number of amides is 1.